The smallest absolute Gasteiger partial charge is 0.416 e. The molecule has 7 atom stereocenters. The molecule has 49 heavy (non-hydrogen) atoms. The fraction of sp³-hybridized carbons (Fsp3) is 0.471. The van der Waals surface area contributed by atoms with Crippen molar-refractivity contribution in [2.24, 2.45) is 29.4 Å². The number of hydrogen-bond acceptors (Lipinski definition) is 10. The highest BCUT2D eigenvalue weighted by Crippen LogP contribution is 2.51. The molecule has 3 aliphatic carbocycles. The number of anilines is 1. The minimum atomic E-state index is -4.52. The number of primary amides is 1. The zero-order valence-corrected chi connectivity index (χ0v) is 27.2. The molecule has 5 N–H and O–H groups in total. The molecule has 12 nitrogen and oxygen atoms in total. The standard InChI is InChI=1S/C34H37F3N4O8/c1-5-41(4)21(12-15-6-9-18(10-7-15)34(35,36)37)32(48)39-20-11-8-16-13-17-14-19-25(40(2)3)28(44)24(31(38)47)30(46)33(19,49)29(45)23(17)27(43)22(16)26(20)42/h6-11,17,19,21,23-25,42,49H,5,12-14H2,1-4H3,(H2,38,47)(H,39,48)/t17?,19?,21?,23?,24?,25-,33-/m0/s1. The second kappa shape index (κ2) is 12.8. The highest BCUT2D eigenvalue weighted by molar-refractivity contribution is 6.32. The molecule has 2 fully saturated rings. The number of benzene rings is 2. The van der Waals surface area contributed by atoms with E-state index in [0.717, 1.165) is 12.1 Å². The Hall–Kier alpha value is -4.47. The van der Waals surface area contributed by atoms with E-state index in [1.54, 1.807) is 18.9 Å². The molecule has 0 saturated heterocycles. The van der Waals surface area contributed by atoms with E-state index in [0.29, 0.717) is 17.7 Å². The largest absolute Gasteiger partial charge is 0.505 e. The molecule has 3 aliphatic rings. The van der Waals surface area contributed by atoms with Crippen molar-refractivity contribution >= 4 is 40.6 Å². The molecule has 0 radical (unpaired) electrons. The number of likely N-dealkylation sites (N-methyl/N-ethyl adjacent to an activating group) is 2. The number of nitrogens with one attached hydrogen (secondary N) is 1. The predicted octanol–water partition coefficient (Wildman–Crippen LogP) is 1.39. The number of carbonyl (C=O) groups excluding carboxylic acids is 6. The Bertz CT molecular complexity index is 1740. The summed E-state index contributed by atoms with van der Waals surface area (Å²) in [5, 5.41) is 25.6. The van der Waals surface area contributed by atoms with Gasteiger partial charge in [-0.05, 0) is 82.2 Å². The molecule has 2 aromatic carbocycles. The van der Waals surface area contributed by atoms with Crippen LogP contribution in [0.15, 0.2) is 36.4 Å². The van der Waals surface area contributed by atoms with Crippen LogP contribution in [-0.4, -0.2) is 100 Å². The highest BCUT2D eigenvalue weighted by atomic mass is 19.4. The van der Waals surface area contributed by atoms with Crippen molar-refractivity contribution in [1.82, 2.24) is 9.80 Å². The van der Waals surface area contributed by atoms with Gasteiger partial charge in [0.2, 0.25) is 11.8 Å². The number of rotatable bonds is 8. The number of carbonyl (C=O) groups is 6. The third-order valence-electron chi connectivity index (χ3n) is 10.2. The van der Waals surface area contributed by atoms with Crippen LogP contribution >= 0.6 is 0 Å². The van der Waals surface area contributed by atoms with Gasteiger partial charge in [0.05, 0.1) is 34.8 Å². The lowest BCUT2D eigenvalue weighted by Crippen LogP contribution is -2.74. The number of hydrogen-bond donors (Lipinski definition) is 4. The molecule has 2 saturated carbocycles. The van der Waals surface area contributed by atoms with Gasteiger partial charge in [-0.2, -0.15) is 13.2 Å². The van der Waals surface area contributed by atoms with Gasteiger partial charge in [-0.15, -0.1) is 0 Å². The van der Waals surface area contributed by atoms with Crippen LogP contribution in [0, 0.1) is 23.7 Å². The first-order valence-electron chi connectivity index (χ1n) is 15.7. The molecule has 5 rings (SSSR count). The molecule has 262 valence electrons. The van der Waals surface area contributed by atoms with Crippen LogP contribution in [0.5, 0.6) is 5.75 Å². The van der Waals surface area contributed by atoms with Crippen molar-refractivity contribution in [2.75, 3.05) is 33.0 Å². The first kappa shape index (κ1) is 35.8. The SMILES string of the molecule is CCN(C)C(Cc1ccc(C(F)(F)F)cc1)C(=O)Nc1ccc2c(c1O)C(=O)C1C(=O)[C@]3(O)C(=O)C(C(N)=O)C(=O)[C@@H](N(C)C)C3CC1C2. The van der Waals surface area contributed by atoms with E-state index >= 15 is 0 Å². The second-order valence-electron chi connectivity index (χ2n) is 13.3. The molecule has 0 aliphatic heterocycles. The highest BCUT2D eigenvalue weighted by Gasteiger charge is 2.69. The quantitative estimate of drug-likeness (QED) is 0.234. The zero-order valence-electron chi connectivity index (χ0n) is 27.2. The van der Waals surface area contributed by atoms with Crippen LogP contribution in [0.4, 0.5) is 18.9 Å². The summed E-state index contributed by atoms with van der Waals surface area (Å²) in [6, 6.07) is 5.16. The minimum absolute atomic E-state index is 0.0215. The van der Waals surface area contributed by atoms with Gasteiger partial charge in [0, 0.05) is 5.92 Å². The molecule has 0 heterocycles. The van der Waals surface area contributed by atoms with Crippen molar-refractivity contribution in [3.63, 3.8) is 0 Å². The maximum absolute atomic E-state index is 14.0. The Balaban J connectivity index is 1.45. The number of phenols is 1. The van der Waals surface area contributed by atoms with Crippen molar-refractivity contribution < 1.29 is 52.2 Å². The number of alkyl halides is 3. The van der Waals surface area contributed by atoms with E-state index in [1.807, 2.05) is 0 Å². The number of amides is 2. The Morgan fingerprint density at radius 3 is 2.22 bits per heavy atom. The summed E-state index contributed by atoms with van der Waals surface area (Å²) < 4.78 is 39.1. The summed E-state index contributed by atoms with van der Waals surface area (Å²) in [5.41, 5.74) is 1.99. The van der Waals surface area contributed by atoms with Gasteiger partial charge in [0.25, 0.3) is 0 Å². The number of aliphatic hydroxyl groups is 1. The van der Waals surface area contributed by atoms with Crippen LogP contribution in [0.3, 0.4) is 0 Å². The van der Waals surface area contributed by atoms with Crippen LogP contribution in [0.2, 0.25) is 0 Å². The lowest BCUT2D eigenvalue weighted by atomic mass is 9.52. The fourth-order valence-electron chi connectivity index (χ4n) is 7.62. The van der Waals surface area contributed by atoms with Gasteiger partial charge in [0.15, 0.2) is 34.7 Å². The summed E-state index contributed by atoms with van der Waals surface area (Å²) in [7, 11) is 4.63. The molecular formula is C34H37F3N4O8. The summed E-state index contributed by atoms with van der Waals surface area (Å²) in [5.74, 6) is -12.6. The molecule has 2 amide bonds. The first-order valence-corrected chi connectivity index (χ1v) is 15.7. The third kappa shape index (κ3) is 5.93. The predicted molar refractivity (Wildman–Crippen MR) is 167 cm³/mol. The van der Waals surface area contributed by atoms with Gasteiger partial charge in [-0.1, -0.05) is 25.1 Å². The number of aromatic hydroxyl groups is 1. The van der Waals surface area contributed by atoms with Gasteiger partial charge < -0.3 is 21.3 Å². The molecular weight excluding hydrogens is 649 g/mol. The molecule has 5 unspecified atom stereocenters. The van der Waals surface area contributed by atoms with Crippen LogP contribution in [0.1, 0.15) is 40.4 Å². The van der Waals surface area contributed by atoms with Crippen LogP contribution < -0.4 is 11.1 Å². The van der Waals surface area contributed by atoms with E-state index in [2.05, 4.69) is 5.32 Å². The molecule has 0 bridgehead atoms. The number of phenolic OH excluding ortho intramolecular Hbond substituents is 1. The molecule has 0 spiro atoms. The number of fused-ring (bicyclic) bond motifs is 3. The number of Topliss-reactive ketones (excluding diaryl/α,β-unsaturated/α-hetero) is 4. The van der Waals surface area contributed by atoms with Crippen molar-refractivity contribution in [2.45, 2.75) is 50.0 Å². The third-order valence-corrected chi connectivity index (χ3v) is 10.2. The van der Waals surface area contributed by atoms with Gasteiger partial charge >= 0.3 is 6.18 Å². The van der Waals surface area contributed by atoms with E-state index in [9.17, 15) is 52.2 Å². The van der Waals surface area contributed by atoms with Gasteiger partial charge in [-0.3, -0.25) is 38.6 Å². The Morgan fingerprint density at radius 2 is 1.67 bits per heavy atom. The number of halogens is 3. The maximum Gasteiger partial charge on any atom is 0.416 e. The molecule has 2 aromatic rings. The normalized spacial score (nSPS) is 27.4. The van der Waals surface area contributed by atoms with Crippen molar-refractivity contribution in [1.29, 1.82) is 0 Å². The Labute approximate surface area is 279 Å². The van der Waals surface area contributed by atoms with Crippen LogP contribution in [-0.2, 0) is 43.0 Å². The van der Waals surface area contributed by atoms with Crippen molar-refractivity contribution in [3.8, 4) is 5.75 Å². The number of nitrogens with two attached hydrogens (primary N) is 1. The monoisotopic (exact) mass is 686 g/mol. The lowest BCUT2D eigenvalue weighted by Gasteiger charge is -2.52. The Kier molecular flexibility index (Phi) is 9.34. The summed E-state index contributed by atoms with van der Waals surface area (Å²) in [4.78, 5) is 83.4. The number of nitrogens with zero attached hydrogens (tertiary/aromatic N) is 2. The average Bonchev–Trinajstić information content (AvgIpc) is 3.02. The lowest BCUT2D eigenvalue weighted by molar-refractivity contribution is -0.181. The fourth-order valence-corrected chi connectivity index (χ4v) is 7.62. The minimum Gasteiger partial charge on any atom is -0.505 e. The Morgan fingerprint density at radius 1 is 1.04 bits per heavy atom. The topological polar surface area (TPSA) is 187 Å². The molecule has 15 heteroatoms. The molecule has 0 aromatic heterocycles. The summed E-state index contributed by atoms with van der Waals surface area (Å²) in [6.45, 7) is 2.16. The van der Waals surface area contributed by atoms with Crippen LogP contribution in [0.25, 0.3) is 0 Å². The zero-order chi connectivity index (χ0) is 36.3. The first-order chi connectivity index (χ1) is 22.8. The van der Waals surface area contributed by atoms with Gasteiger partial charge in [0.1, 0.15) is 5.75 Å². The second-order valence-corrected chi connectivity index (χ2v) is 13.3. The van der Waals surface area contributed by atoms with Crippen molar-refractivity contribution in [3.05, 3.63) is 58.7 Å². The number of ketones is 4. The summed E-state index contributed by atoms with van der Waals surface area (Å²) in [6.07, 6.45) is -4.54. The van der Waals surface area contributed by atoms with E-state index in [4.69, 9.17) is 5.73 Å². The van der Waals surface area contributed by atoms with E-state index in [1.165, 1.54) is 43.3 Å². The van der Waals surface area contributed by atoms with E-state index in [-0.39, 0.29) is 30.5 Å². The maximum atomic E-state index is 14.0. The van der Waals surface area contributed by atoms with E-state index < -0.39 is 93.8 Å². The summed E-state index contributed by atoms with van der Waals surface area (Å²) >= 11 is 0. The average molecular weight is 687 g/mol. The van der Waals surface area contributed by atoms with Gasteiger partial charge in [-0.25, -0.2) is 0 Å².